The van der Waals surface area contributed by atoms with Crippen LogP contribution in [0.3, 0.4) is 0 Å². The van der Waals surface area contributed by atoms with E-state index in [1.165, 1.54) is 0 Å². The Morgan fingerprint density at radius 2 is 2.25 bits per heavy atom. The van der Waals surface area contributed by atoms with Gasteiger partial charge in [0.15, 0.2) is 5.78 Å². The maximum Gasteiger partial charge on any atom is 0.336 e. The Labute approximate surface area is 117 Å². The van der Waals surface area contributed by atoms with Crippen LogP contribution in [-0.4, -0.2) is 35.4 Å². The molecule has 1 N–H and O–H groups in total. The van der Waals surface area contributed by atoms with E-state index in [2.05, 4.69) is 6.58 Å². The third-order valence-electron chi connectivity index (χ3n) is 4.53. The molecule has 3 rings (SSSR count). The molecule has 0 aromatic heterocycles. The van der Waals surface area contributed by atoms with Crippen LogP contribution in [0, 0.1) is 11.8 Å². The van der Waals surface area contributed by atoms with Crippen LogP contribution in [0.1, 0.15) is 26.2 Å². The Bertz CT molecular complexity index is 502. The van der Waals surface area contributed by atoms with Crippen LogP contribution in [0.25, 0.3) is 0 Å². The van der Waals surface area contributed by atoms with Crippen molar-refractivity contribution >= 4 is 11.8 Å². The van der Waals surface area contributed by atoms with Crippen LogP contribution in [0.15, 0.2) is 23.8 Å². The van der Waals surface area contributed by atoms with Crippen LogP contribution in [-0.2, 0) is 19.1 Å². The number of carbonyl (C=O) groups excluding carboxylic acids is 2. The highest BCUT2D eigenvalue weighted by molar-refractivity contribution is 6.00. The van der Waals surface area contributed by atoms with E-state index in [0.717, 1.165) is 0 Å². The van der Waals surface area contributed by atoms with Gasteiger partial charge in [-0.2, -0.15) is 0 Å². The van der Waals surface area contributed by atoms with Crippen molar-refractivity contribution in [1.29, 1.82) is 0 Å². The fraction of sp³-hybridized carbons (Fsp3) is 0.600. The van der Waals surface area contributed by atoms with E-state index in [0.29, 0.717) is 30.4 Å². The number of carbonyl (C=O) groups is 2. The van der Waals surface area contributed by atoms with E-state index in [1.54, 1.807) is 6.08 Å². The predicted octanol–water partition coefficient (Wildman–Crippen LogP) is 1.12. The van der Waals surface area contributed by atoms with Crippen molar-refractivity contribution < 1.29 is 24.2 Å². The Kier molecular flexibility index (Phi) is 3.06. The molecule has 1 aliphatic carbocycles. The van der Waals surface area contributed by atoms with Gasteiger partial charge in [-0.05, 0) is 18.3 Å². The third kappa shape index (κ3) is 1.93. The smallest absolute Gasteiger partial charge is 0.336 e. The lowest BCUT2D eigenvalue weighted by atomic mass is 9.73. The molecule has 2 heterocycles. The summed E-state index contributed by atoms with van der Waals surface area (Å²) in [4.78, 5) is 23.9. The summed E-state index contributed by atoms with van der Waals surface area (Å²) in [6.45, 7) is 5.44. The number of fused-ring (bicyclic) bond motifs is 1. The number of Topliss-reactive ketones (excluding diaryl/α,β-unsaturated/α-hetero) is 1. The molecule has 0 aromatic rings. The van der Waals surface area contributed by atoms with E-state index >= 15 is 0 Å². The lowest BCUT2D eigenvalue weighted by Gasteiger charge is -2.45. The number of hydrogen-bond acceptors (Lipinski definition) is 5. The highest BCUT2D eigenvalue weighted by Crippen LogP contribution is 2.47. The normalized spacial score (nSPS) is 40.6. The molecule has 4 atom stereocenters. The second-order valence-corrected chi connectivity index (χ2v) is 5.95. The molecule has 0 amide bonds. The average molecular weight is 278 g/mol. The first-order valence-electron chi connectivity index (χ1n) is 6.89. The van der Waals surface area contributed by atoms with Crippen LogP contribution >= 0.6 is 0 Å². The van der Waals surface area contributed by atoms with Crippen LogP contribution < -0.4 is 0 Å². The van der Waals surface area contributed by atoms with Crippen molar-refractivity contribution in [2.24, 2.45) is 11.8 Å². The zero-order chi connectivity index (χ0) is 14.5. The summed E-state index contributed by atoms with van der Waals surface area (Å²) in [5.74, 6) is -1.40. The molecule has 5 heteroatoms. The van der Waals surface area contributed by atoms with Crippen molar-refractivity contribution in [1.82, 2.24) is 0 Å². The van der Waals surface area contributed by atoms with Crippen molar-refractivity contribution in [2.45, 2.75) is 38.1 Å². The van der Waals surface area contributed by atoms with Gasteiger partial charge in [-0.15, -0.1) is 0 Å². The van der Waals surface area contributed by atoms with Crippen molar-refractivity contribution in [3.63, 3.8) is 0 Å². The quantitative estimate of drug-likeness (QED) is 0.575. The zero-order valence-corrected chi connectivity index (χ0v) is 11.4. The lowest BCUT2D eigenvalue weighted by molar-refractivity contribution is -0.268. The van der Waals surface area contributed by atoms with Crippen molar-refractivity contribution in [2.75, 3.05) is 6.61 Å². The van der Waals surface area contributed by atoms with Crippen LogP contribution in [0.5, 0.6) is 0 Å². The number of ether oxygens (including phenoxy) is 2. The summed E-state index contributed by atoms with van der Waals surface area (Å²) in [6, 6.07) is 0. The highest BCUT2D eigenvalue weighted by Gasteiger charge is 2.54. The number of allylic oxidation sites excluding steroid dienone is 1. The van der Waals surface area contributed by atoms with E-state index in [-0.39, 0.29) is 24.2 Å². The summed E-state index contributed by atoms with van der Waals surface area (Å²) in [5.41, 5.74) is 0.774. The number of aliphatic hydroxyl groups is 1. The molecule has 0 bridgehead atoms. The van der Waals surface area contributed by atoms with Gasteiger partial charge in [0, 0.05) is 24.0 Å². The number of rotatable bonds is 1. The largest absolute Gasteiger partial charge is 0.429 e. The molecule has 20 heavy (non-hydrogen) atoms. The molecule has 108 valence electrons. The van der Waals surface area contributed by atoms with Gasteiger partial charge in [0.2, 0.25) is 5.79 Å². The van der Waals surface area contributed by atoms with Gasteiger partial charge in [-0.1, -0.05) is 19.6 Å². The molecule has 1 spiro atoms. The molecular weight excluding hydrogens is 260 g/mol. The van der Waals surface area contributed by atoms with Gasteiger partial charge in [-0.3, -0.25) is 4.79 Å². The summed E-state index contributed by atoms with van der Waals surface area (Å²) in [6.07, 6.45) is 2.75. The van der Waals surface area contributed by atoms with E-state index in [1.807, 2.05) is 6.92 Å². The fourth-order valence-electron chi connectivity index (χ4n) is 3.47. The molecule has 0 radical (unpaired) electrons. The lowest BCUT2D eigenvalue weighted by Crippen LogP contribution is -2.53. The average Bonchev–Trinajstić information content (AvgIpc) is 2.65. The van der Waals surface area contributed by atoms with Gasteiger partial charge in [0.25, 0.3) is 0 Å². The number of hydrogen-bond donors (Lipinski definition) is 1. The fourth-order valence-corrected chi connectivity index (χ4v) is 3.47. The Hall–Kier alpha value is -1.46. The summed E-state index contributed by atoms with van der Waals surface area (Å²) >= 11 is 0. The summed E-state index contributed by atoms with van der Waals surface area (Å²) < 4.78 is 11.2. The van der Waals surface area contributed by atoms with E-state index < -0.39 is 17.9 Å². The molecule has 4 unspecified atom stereocenters. The Morgan fingerprint density at radius 3 is 2.85 bits per heavy atom. The standard InChI is InChI=1S/C15H18O5/c1-8-5-15(6-9(2)14(18)20-15)19-13-11(8)4-3-10(7-16)12(13)17/h3,8,11,13,16H,2,4-7H2,1H3. The Morgan fingerprint density at radius 1 is 1.50 bits per heavy atom. The first-order valence-corrected chi connectivity index (χ1v) is 6.89. The second-order valence-electron chi connectivity index (χ2n) is 5.95. The molecule has 2 saturated heterocycles. The minimum Gasteiger partial charge on any atom is -0.429 e. The molecule has 2 aliphatic heterocycles. The SMILES string of the molecule is C=C1CC2(CC(C)C3CC=C(CO)C(=O)C3O2)OC1=O. The minimum absolute atomic E-state index is 0.0796. The van der Waals surface area contributed by atoms with Crippen molar-refractivity contribution in [3.05, 3.63) is 23.8 Å². The topological polar surface area (TPSA) is 72.8 Å². The van der Waals surface area contributed by atoms with Crippen LogP contribution in [0.2, 0.25) is 0 Å². The van der Waals surface area contributed by atoms with E-state index in [9.17, 15) is 14.7 Å². The van der Waals surface area contributed by atoms with Crippen LogP contribution in [0.4, 0.5) is 0 Å². The molecule has 3 aliphatic rings. The maximum absolute atomic E-state index is 12.3. The monoisotopic (exact) mass is 278 g/mol. The first-order chi connectivity index (χ1) is 9.46. The minimum atomic E-state index is -1.04. The van der Waals surface area contributed by atoms with Gasteiger partial charge < -0.3 is 14.6 Å². The molecule has 2 fully saturated rings. The summed E-state index contributed by atoms with van der Waals surface area (Å²) in [7, 11) is 0. The molecule has 5 nitrogen and oxygen atoms in total. The zero-order valence-electron chi connectivity index (χ0n) is 11.4. The summed E-state index contributed by atoms with van der Waals surface area (Å²) in [5, 5.41) is 9.21. The first kappa shape index (κ1) is 13.5. The maximum atomic E-state index is 12.3. The molecule has 0 aromatic carbocycles. The second kappa shape index (κ2) is 4.53. The number of esters is 1. The van der Waals surface area contributed by atoms with Gasteiger partial charge in [-0.25, -0.2) is 4.79 Å². The van der Waals surface area contributed by atoms with Gasteiger partial charge >= 0.3 is 5.97 Å². The molecule has 0 saturated carbocycles. The molecular formula is C15H18O5. The Balaban J connectivity index is 1.89. The predicted molar refractivity (Wildman–Crippen MR) is 69.5 cm³/mol. The van der Waals surface area contributed by atoms with Crippen molar-refractivity contribution in [3.8, 4) is 0 Å². The van der Waals surface area contributed by atoms with E-state index in [4.69, 9.17) is 9.47 Å². The number of ketones is 1. The third-order valence-corrected chi connectivity index (χ3v) is 4.53. The van der Waals surface area contributed by atoms with Gasteiger partial charge in [0.05, 0.1) is 6.61 Å². The number of aliphatic hydroxyl groups excluding tert-OH is 1. The highest BCUT2D eigenvalue weighted by atomic mass is 16.7. The van der Waals surface area contributed by atoms with Gasteiger partial charge in [0.1, 0.15) is 6.10 Å².